The summed E-state index contributed by atoms with van der Waals surface area (Å²) in [5.41, 5.74) is 5.37. The van der Waals surface area contributed by atoms with Crippen molar-refractivity contribution in [3.8, 4) is 0 Å². The second-order valence-electron chi connectivity index (χ2n) is 10.3. The molecule has 2 atom stereocenters. The van der Waals surface area contributed by atoms with Crippen molar-refractivity contribution in [2.24, 2.45) is 17.1 Å². The lowest BCUT2D eigenvalue weighted by atomic mass is 9.83. The van der Waals surface area contributed by atoms with Crippen molar-refractivity contribution in [2.45, 2.75) is 76.2 Å². The molecule has 36 heavy (non-hydrogen) atoms. The van der Waals surface area contributed by atoms with Crippen LogP contribution in [-0.2, 0) is 30.3 Å². The van der Waals surface area contributed by atoms with Crippen LogP contribution in [0, 0.1) is 11.3 Å². The van der Waals surface area contributed by atoms with E-state index in [0.717, 1.165) is 50.8 Å². The number of hydrogen-bond acceptors (Lipinski definition) is 6. The number of carbonyl (C=O) groups is 3. The van der Waals surface area contributed by atoms with Crippen LogP contribution < -0.4 is 21.7 Å². The zero-order chi connectivity index (χ0) is 25.4. The summed E-state index contributed by atoms with van der Waals surface area (Å²) in [6, 6.07) is 8.62. The van der Waals surface area contributed by atoms with E-state index in [9.17, 15) is 14.4 Å². The number of nitrogens with one attached hydrogen (secondary N) is 3. The molecule has 1 saturated carbocycles. The van der Waals surface area contributed by atoms with Gasteiger partial charge in [0.05, 0.1) is 13.2 Å². The Hall–Kier alpha value is -2.49. The Morgan fingerprint density at radius 2 is 1.67 bits per heavy atom. The van der Waals surface area contributed by atoms with Gasteiger partial charge in [0.15, 0.2) is 6.29 Å². The lowest BCUT2D eigenvalue weighted by Gasteiger charge is -2.35. The molecular weight excluding hydrogens is 460 g/mol. The number of amides is 3. The maximum absolute atomic E-state index is 13.7. The Balaban J connectivity index is 1.51. The van der Waals surface area contributed by atoms with Crippen molar-refractivity contribution in [2.75, 3.05) is 26.3 Å². The molecule has 2 saturated heterocycles. The lowest BCUT2D eigenvalue weighted by Crippen LogP contribution is -2.57. The molecule has 3 amide bonds. The molecule has 1 unspecified atom stereocenters. The van der Waals surface area contributed by atoms with Gasteiger partial charge in [-0.3, -0.25) is 14.4 Å². The fraction of sp³-hybridized carbons (Fsp3) is 0.667. The van der Waals surface area contributed by atoms with Crippen LogP contribution in [0.15, 0.2) is 30.3 Å². The molecule has 1 aromatic rings. The van der Waals surface area contributed by atoms with Gasteiger partial charge in [-0.25, -0.2) is 0 Å². The smallest absolute Gasteiger partial charge is 0.243 e. The van der Waals surface area contributed by atoms with Gasteiger partial charge < -0.3 is 31.2 Å². The fourth-order valence-electron chi connectivity index (χ4n) is 5.70. The molecule has 0 radical (unpaired) electrons. The molecule has 2 heterocycles. The zero-order valence-electron chi connectivity index (χ0n) is 21.0. The standard InChI is InChI=1S/C27H40N4O5/c28-25(33)27(11-4-5-12-27)26(34)31-22(17-19-7-2-1-3-8-19)24(32)30-21(20-9-13-29-14-10-20)18-23-35-15-6-16-36-23/h1-3,7-8,20-23,29H,4-6,9-18H2,(H2,28,33)(H,30,32)(H,31,34)/t21?,22-/m1/s1. The molecule has 3 fully saturated rings. The summed E-state index contributed by atoms with van der Waals surface area (Å²) in [4.78, 5) is 39.4. The first-order chi connectivity index (χ1) is 17.5. The van der Waals surface area contributed by atoms with Crippen molar-refractivity contribution in [1.82, 2.24) is 16.0 Å². The molecule has 9 nitrogen and oxygen atoms in total. The SMILES string of the molecule is NC(=O)C1(C(=O)N[C@H](Cc2ccccc2)C(=O)NC(CC2OCCCO2)C2CCNCC2)CCCC1. The van der Waals surface area contributed by atoms with E-state index in [4.69, 9.17) is 15.2 Å². The van der Waals surface area contributed by atoms with Gasteiger partial charge in [-0.05, 0) is 56.7 Å². The first-order valence-corrected chi connectivity index (χ1v) is 13.4. The fourth-order valence-corrected chi connectivity index (χ4v) is 5.70. The van der Waals surface area contributed by atoms with Crippen LogP contribution in [0.4, 0.5) is 0 Å². The molecule has 2 aliphatic heterocycles. The van der Waals surface area contributed by atoms with E-state index >= 15 is 0 Å². The average Bonchev–Trinajstić information content (AvgIpc) is 3.41. The normalized spacial score (nSPS) is 22.4. The van der Waals surface area contributed by atoms with Crippen LogP contribution >= 0.6 is 0 Å². The molecule has 5 N–H and O–H groups in total. The number of benzene rings is 1. The van der Waals surface area contributed by atoms with Crippen molar-refractivity contribution < 1.29 is 23.9 Å². The van der Waals surface area contributed by atoms with E-state index in [2.05, 4.69) is 16.0 Å². The zero-order valence-corrected chi connectivity index (χ0v) is 21.0. The van der Waals surface area contributed by atoms with Crippen molar-refractivity contribution in [3.05, 3.63) is 35.9 Å². The second kappa shape index (κ2) is 12.7. The average molecular weight is 501 g/mol. The Morgan fingerprint density at radius 3 is 2.31 bits per heavy atom. The second-order valence-corrected chi connectivity index (χ2v) is 10.3. The van der Waals surface area contributed by atoms with Crippen LogP contribution in [0.2, 0.25) is 0 Å². The van der Waals surface area contributed by atoms with Gasteiger partial charge in [-0.15, -0.1) is 0 Å². The lowest BCUT2D eigenvalue weighted by molar-refractivity contribution is -0.186. The molecular formula is C27H40N4O5. The monoisotopic (exact) mass is 500 g/mol. The summed E-state index contributed by atoms with van der Waals surface area (Å²) in [5, 5.41) is 9.53. The number of hydrogen-bond donors (Lipinski definition) is 4. The summed E-state index contributed by atoms with van der Waals surface area (Å²) >= 11 is 0. The molecule has 3 aliphatic rings. The Labute approximate surface area is 213 Å². The Morgan fingerprint density at radius 1 is 1.00 bits per heavy atom. The first kappa shape index (κ1) is 26.6. The first-order valence-electron chi connectivity index (χ1n) is 13.4. The summed E-state index contributed by atoms with van der Waals surface area (Å²) in [5.74, 6) is -1.04. The molecule has 1 aromatic carbocycles. The predicted octanol–water partition coefficient (Wildman–Crippen LogP) is 1.40. The van der Waals surface area contributed by atoms with Gasteiger partial charge in [-0.2, -0.15) is 0 Å². The van der Waals surface area contributed by atoms with E-state index in [0.29, 0.717) is 38.9 Å². The topological polar surface area (TPSA) is 132 Å². The van der Waals surface area contributed by atoms with Gasteiger partial charge in [0.2, 0.25) is 17.7 Å². The number of carbonyl (C=O) groups excluding carboxylic acids is 3. The van der Waals surface area contributed by atoms with Gasteiger partial charge in [-0.1, -0.05) is 43.2 Å². The largest absolute Gasteiger partial charge is 0.369 e. The number of piperidine rings is 1. The third-order valence-corrected chi connectivity index (χ3v) is 7.89. The van der Waals surface area contributed by atoms with E-state index in [1.165, 1.54) is 0 Å². The van der Waals surface area contributed by atoms with E-state index in [1.807, 2.05) is 30.3 Å². The van der Waals surface area contributed by atoms with Crippen molar-refractivity contribution in [3.63, 3.8) is 0 Å². The van der Waals surface area contributed by atoms with E-state index < -0.39 is 23.3 Å². The minimum Gasteiger partial charge on any atom is -0.369 e. The summed E-state index contributed by atoms with van der Waals surface area (Å²) in [7, 11) is 0. The molecule has 198 valence electrons. The number of primary amides is 1. The van der Waals surface area contributed by atoms with Crippen molar-refractivity contribution in [1.29, 1.82) is 0 Å². The van der Waals surface area contributed by atoms with E-state index in [-0.39, 0.29) is 24.2 Å². The molecule has 0 aromatic heterocycles. The number of rotatable bonds is 10. The third kappa shape index (κ3) is 6.63. The van der Waals surface area contributed by atoms with Gasteiger partial charge in [0.1, 0.15) is 11.5 Å². The van der Waals surface area contributed by atoms with Gasteiger partial charge in [0.25, 0.3) is 0 Å². The Bertz CT molecular complexity index is 877. The molecule has 4 rings (SSSR count). The number of ether oxygens (including phenoxy) is 2. The molecule has 9 heteroatoms. The highest BCUT2D eigenvalue weighted by Gasteiger charge is 2.47. The predicted molar refractivity (Wildman–Crippen MR) is 135 cm³/mol. The van der Waals surface area contributed by atoms with Crippen LogP contribution in [0.5, 0.6) is 0 Å². The maximum atomic E-state index is 13.7. The third-order valence-electron chi connectivity index (χ3n) is 7.89. The van der Waals surface area contributed by atoms with Crippen LogP contribution in [0.1, 0.15) is 56.9 Å². The van der Waals surface area contributed by atoms with E-state index in [1.54, 1.807) is 0 Å². The highest BCUT2D eigenvalue weighted by atomic mass is 16.7. The molecule has 0 spiro atoms. The van der Waals surface area contributed by atoms with Crippen LogP contribution in [0.25, 0.3) is 0 Å². The van der Waals surface area contributed by atoms with Crippen LogP contribution in [-0.4, -0.2) is 62.4 Å². The summed E-state index contributed by atoms with van der Waals surface area (Å²) in [6.45, 7) is 3.10. The highest BCUT2D eigenvalue weighted by Crippen LogP contribution is 2.38. The quantitative estimate of drug-likeness (QED) is 0.359. The Kier molecular flexibility index (Phi) is 9.34. The summed E-state index contributed by atoms with van der Waals surface area (Å²) < 4.78 is 11.6. The molecule has 0 bridgehead atoms. The van der Waals surface area contributed by atoms with Gasteiger partial charge >= 0.3 is 0 Å². The minimum atomic E-state index is -1.24. The summed E-state index contributed by atoms with van der Waals surface area (Å²) in [6.07, 6.45) is 5.66. The van der Waals surface area contributed by atoms with Crippen molar-refractivity contribution >= 4 is 17.7 Å². The molecule has 1 aliphatic carbocycles. The number of nitrogens with two attached hydrogens (primary N) is 1. The highest BCUT2D eigenvalue weighted by molar-refractivity contribution is 6.05. The van der Waals surface area contributed by atoms with Gasteiger partial charge in [0, 0.05) is 18.9 Å². The van der Waals surface area contributed by atoms with Crippen LogP contribution in [0.3, 0.4) is 0 Å². The maximum Gasteiger partial charge on any atom is 0.243 e. The minimum absolute atomic E-state index is 0.144.